The Morgan fingerprint density at radius 3 is 2.76 bits per heavy atom. The average molecular weight is 363 g/mol. The van der Waals surface area contributed by atoms with E-state index in [1.54, 1.807) is 13.2 Å². The van der Waals surface area contributed by atoms with Crippen LogP contribution >= 0.6 is 11.8 Å². The molecule has 1 atom stereocenters. The van der Waals surface area contributed by atoms with E-state index in [1.807, 2.05) is 12.1 Å². The molecule has 1 fully saturated rings. The zero-order chi connectivity index (χ0) is 17.8. The van der Waals surface area contributed by atoms with Crippen molar-refractivity contribution in [2.75, 3.05) is 0 Å². The molecule has 1 saturated carbocycles. The van der Waals surface area contributed by atoms with Gasteiger partial charge < -0.3 is 10.2 Å². The molecular formula is C16H21N5O3S. The SMILES string of the molecule is C[C@@H](Sc1nnc(-c2ccco2)n1C1CCCCC1)C(=O)NC(N)=O. The van der Waals surface area contributed by atoms with Crippen LogP contribution in [-0.2, 0) is 4.79 Å². The van der Waals surface area contributed by atoms with Crippen molar-refractivity contribution < 1.29 is 14.0 Å². The van der Waals surface area contributed by atoms with Gasteiger partial charge in [0.15, 0.2) is 10.9 Å². The van der Waals surface area contributed by atoms with Crippen LogP contribution in [0, 0.1) is 0 Å². The fraction of sp³-hybridized carbons (Fsp3) is 0.500. The monoisotopic (exact) mass is 363 g/mol. The van der Waals surface area contributed by atoms with E-state index in [0.717, 1.165) is 25.7 Å². The molecule has 2 aromatic heterocycles. The molecule has 2 heterocycles. The number of aromatic nitrogens is 3. The molecule has 2 aromatic rings. The summed E-state index contributed by atoms with van der Waals surface area (Å²) in [6.45, 7) is 1.70. The number of hydrogen-bond acceptors (Lipinski definition) is 6. The average Bonchev–Trinajstić information content (AvgIpc) is 3.24. The number of rotatable bonds is 5. The zero-order valence-corrected chi connectivity index (χ0v) is 14.8. The minimum atomic E-state index is -0.859. The van der Waals surface area contributed by atoms with Gasteiger partial charge >= 0.3 is 6.03 Å². The van der Waals surface area contributed by atoms with E-state index >= 15 is 0 Å². The predicted octanol–water partition coefficient (Wildman–Crippen LogP) is 2.72. The molecule has 25 heavy (non-hydrogen) atoms. The molecule has 0 spiro atoms. The Morgan fingerprint density at radius 1 is 1.36 bits per heavy atom. The number of nitrogens with zero attached hydrogens (tertiary/aromatic N) is 3. The molecule has 3 rings (SSSR count). The zero-order valence-electron chi connectivity index (χ0n) is 14.0. The summed E-state index contributed by atoms with van der Waals surface area (Å²) in [5.41, 5.74) is 5.01. The molecule has 0 aliphatic heterocycles. The molecule has 3 N–H and O–H groups in total. The summed E-state index contributed by atoms with van der Waals surface area (Å²) in [4.78, 5) is 22.8. The highest BCUT2D eigenvalue weighted by Crippen LogP contribution is 2.36. The molecule has 1 aliphatic rings. The molecule has 0 bridgehead atoms. The number of furan rings is 1. The van der Waals surface area contributed by atoms with Crippen molar-refractivity contribution in [3.8, 4) is 11.6 Å². The normalized spacial score (nSPS) is 16.5. The number of nitrogens with one attached hydrogen (secondary N) is 1. The van der Waals surface area contributed by atoms with Crippen LogP contribution in [-0.4, -0.2) is 32.0 Å². The second-order valence-corrected chi connectivity index (χ2v) is 7.37. The highest BCUT2D eigenvalue weighted by molar-refractivity contribution is 8.00. The number of thioether (sulfide) groups is 1. The fourth-order valence-corrected chi connectivity index (χ4v) is 3.95. The van der Waals surface area contributed by atoms with E-state index < -0.39 is 17.2 Å². The maximum absolute atomic E-state index is 12.0. The topological polar surface area (TPSA) is 116 Å². The minimum Gasteiger partial charge on any atom is -0.461 e. The highest BCUT2D eigenvalue weighted by Gasteiger charge is 2.27. The smallest absolute Gasteiger partial charge is 0.318 e. The molecule has 0 radical (unpaired) electrons. The Labute approximate surface area is 149 Å². The van der Waals surface area contributed by atoms with Gasteiger partial charge in [-0.1, -0.05) is 31.0 Å². The first-order valence-electron chi connectivity index (χ1n) is 8.32. The standard InChI is InChI=1S/C16H21N5O3S/c1-10(14(22)18-15(17)23)25-16-20-19-13(12-8-5-9-24-12)21(16)11-6-3-2-4-7-11/h5,8-11H,2-4,6-7H2,1H3,(H3,17,18,22,23)/t10-/m1/s1. The van der Waals surface area contributed by atoms with Gasteiger partial charge in [0, 0.05) is 6.04 Å². The first-order valence-corrected chi connectivity index (χ1v) is 9.20. The van der Waals surface area contributed by atoms with Gasteiger partial charge in [0.25, 0.3) is 0 Å². The van der Waals surface area contributed by atoms with Crippen LogP contribution in [0.15, 0.2) is 28.0 Å². The summed E-state index contributed by atoms with van der Waals surface area (Å²) in [6, 6.07) is 3.08. The largest absolute Gasteiger partial charge is 0.461 e. The van der Waals surface area contributed by atoms with Crippen molar-refractivity contribution in [2.45, 2.75) is 55.5 Å². The van der Waals surface area contributed by atoms with Crippen molar-refractivity contribution >= 4 is 23.7 Å². The third-order valence-electron chi connectivity index (χ3n) is 4.24. The Bertz CT molecular complexity index is 737. The molecular weight excluding hydrogens is 342 g/mol. The number of carbonyl (C=O) groups excluding carboxylic acids is 2. The maximum Gasteiger partial charge on any atom is 0.318 e. The quantitative estimate of drug-likeness (QED) is 0.789. The first kappa shape index (κ1) is 17.5. The second kappa shape index (κ2) is 7.73. The molecule has 0 aromatic carbocycles. The maximum atomic E-state index is 12.0. The lowest BCUT2D eigenvalue weighted by Gasteiger charge is -2.25. The van der Waals surface area contributed by atoms with E-state index in [9.17, 15) is 9.59 Å². The third-order valence-corrected chi connectivity index (χ3v) is 5.30. The third kappa shape index (κ3) is 4.04. The van der Waals surface area contributed by atoms with Crippen molar-refractivity contribution in [1.29, 1.82) is 0 Å². The lowest BCUT2D eigenvalue weighted by atomic mass is 9.95. The van der Waals surface area contributed by atoms with Crippen LogP contribution in [0.5, 0.6) is 0 Å². The number of hydrogen-bond donors (Lipinski definition) is 2. The molecule has 8 nitrogen and oxygen atoms in total. The summed E-state index contributed by atoms with van der Waals surface area (Å²) in [7, 11) is 0. The number of carbonyl (C=O) groups is 2. The van der Waals surface area contributed by atoms with Gasteiger partial charge in [-0.15, -0.1) is 10.2 Å². The van der Waals surface area contributed by atoms with Gasteiger partial charge in [0.05, 0.1) is 11.5 Å². The van der Waals surface area contributed by atoms with Crippen LogP contribution in [0.25, 0.3) is 11.6 Å². The van der Waals surface area contributed by atoms with Crippen LogP contribution in [0.4, 0.5) is 4.79 Å². The van der Waals surface area contributed by atoms with E-state index in [1.165, 1.54) is 18.2 Å². The lowest BCUT2D eigenvalue weighted by Crippen LogP contribution is -2.39. The Balaban J connectivity index is 1.88. The fourth-order valence-electron chi connectivity index (χ4n) is 3.03. The molecule has 3 amide bonds. The highest BCUT2D eigenvalue weighted by atomic mass is 32.2. The summed E-state index contributed by atoms with van der Waals surface area (Å²) in [5, 5.41) is 10.8. The van der Waals surface area contributed by atoms with Gasteiger partial charge in [-0.05, 0) is 31.9 Å². The van der Waals surface area contributed by atoms with Crippen molar-refractivity contribution in [3.05, 3.63) is 18.4 Å². The summed E-state index contributed by atoms with van der Waals surface area (Å²) in [6.07, 6.45) is 7.23. The number of imide groups is 1. The van der Waals surface area contributed by atoms with E-state index in [0.29, 0.717) is 16.7 Å². The molecule has 0 unspecified atom stereocenters. The number of urea groups is 1. The first-order chi connectivity index (χ1) is 12.1. The predicted molar refractivity (Wildman–Crippen MR) is 92.9 cm³/mol. The van der Waals surface area contributed by atoms with E-state index in [4.69, 9.17) is 10.2 Å². The summed E-state index contributed by atoms with van der Waals surface area (Å²) < 4.78 is 7.56. The Morgan fingerprint density at radius 2 is 2.12 bits per heavy atom. The Kier molecular flexibility index (Phi) is 5.42. The molecule has 1 aliphatic carbocycles. The van der Waals surface area contributed by atoms with Gasteiger partial charge in [0.1, 0.15) is 0 Å². The Hall–Kier alpha value is -2.29. The van der Waals surface area contributed by atoms with Gasteiger partial charge in [-0.25, -0.2) is 4.79 Å². The van der Waals surface area contributed by atoms with Crippen molar-refractivity contribution in [3.63, 3.8) is 0 Å². The van der Waals surface area contributed by atoms with E-state index in [2.05, 4.69) is 20.1 Å². The second-order valence-electron chi connectivity index (χ2n) is 6.06. The number of amides is 3. The number of primary amides is 1. The van der Waals surface area contributed by atoms with Crippen molar-refractivity contribution in [1.82, 2.24) is 20.1 Å². The molecule has 9 heteroatoms. The van der Waals surface area contributed by atoms with Crippen molar-refractivity contribution in [2.24, 2.45) is 5.73 Å². The van der Waals surface area contributed by atoms with Gasteiger partial charge in [0.2, 0.25) is 11.7 Å². The van der Waals surface area contributed by atoms with Crippen LogP contribution in [0.2, 0.25) is 0 Å². The van der Waals surface area contributed by atoms with Gasteiger partial charge in [-0.3, -0.25) is 14.7 Å². The summed E-state index contributed by atoms with van der Waals surface area (Å²) in [5.74, 6) is 0.872. The molecule has 0 saturated heterocycles. The lowest BCUT2D eigenvalue weighted by molar-refractivity contribution is -0.119. The number of nitrogens with two attached hydrogens (primary N) is 1. The van der Waals surface area contributed by atoms with Gasteiger partial charge in [-0.2, -0.15) is 0 Å². The molecule has 134 valence electrons. The summed E-state index contributed by atoms with van der Waals surface area (Å²) >= 11 is 1.26. The van der Waals surface area contributed by atoms with E-state index in [-0.39, 0.29) is 6.04 Å². The van der Waals surface area contributed by atoms with Crippen LogP contribution in [0.3, 0.4) is 0 Å². The van der Waals surface area contributed by atoms with Crippen LogP contribution < -0.4 is 11.1 Å². The van der Waals surface area contributed by atoms with Crippen LogP contribution in [0.1, 0.15) is 45.1 Å². The minimum absolute atomic E-state index is 0.276.